The monoisotopic (exact) mass is 458 g/mol. The van der Waals surface area contributed by atoms with Gasteiger partial charge in [0.1, 0.15) is 10.8 Å². The number of carbonyl (C=O) groups excluding carboxylic acids is 2. The molecule has 172 valence electrons. The molecule has 4 rings (SSSR count). The van der Waals surface area contributed by atoms with E-state index in [1.807, 2.05) is 4.90 Å². The van der Waals surface area contributed by atoms with E-state index in [2.05, 4.69) is 33.1 Å². The predicted octanol–water partition coefficient (Wildman–Crippen LogP) is 3.26. The van der Waals surface area contributed by atoms with Crippen LogP contribution in [-0.4, -0.2) is 49.9 Å². The van der Waals surface area contributed by atoms with Crippen molar-refractivity contribution < 1.29 is 18.9 Å². The second-order valence-electron chi connectivity index (χ2n) is 10.2. The van der Waals surface area contributed by atoms with Crippen molar-refractivity contribution >= 4 is 28.2 Å². The summed E-state index contributed by atoms with van der Waals surface area (Å²) in [6, 6.07) is 5.95. The molecule has 2 heterocycles. The minimum Gasteiger partial charge on any atom is -0.334 e. The summed E-state index contributed by atoms with van der Waals surface area (Å²) in [5.41, 5.74) is 1.88. The van der Waals surface area contributed by atoms with Crippen molar-refractivity contribution in [3.63, 3.8) is 0 Å². The van der Waals surface area contributed by atoms with Crippen LogP contribution in [0.3, 0.4) is 0 Å². The minimum atomic E-state index is -0.561. The largest absolute Gasteiger partial charge is 0.334 e. The number of likely N-dealkylation sites (N-methyl/N-ethyl adjacent to an activating group) is 1. The molecule has 1 aliphatic carbocycles. The maximum atomic E-state index is 14.2. The lowest BCUT2D eigenvalue weighted by molar-refractivity contribution is -0.883. The molecule has 0 radical (unpaired) electrons. The molecule has 2 aromatic rings. The number of rotatable bonds is 3. The Morgan fingerprint density at radius 2 is 1.88 bits per heavy atom. The SMILES string of the molecule is C[NH+]1CCN(C(=O)c2c(NC(=O)c3ccccc3F)sc3c2CC[C@H](C(C)(C)C)C3)CC1. The Balaban J connectivity index is 1.68. The van der Waals surface area contributed by atoms with Crippen molar-refractivity contribution in [3.8, 4) is 0 Å². The molecule has 0 unspecified atom stereocenters. The number of thiophene rings is 1. The van der Waals surface area contributed by atoms with E-state index in [4.69, 9.17) is 0 Å². The third kappa shape index (κ3) is 4.59. The van der Waals surface area contributed by atoms with Gasteiger partial charge in [-0.25, -0.2) is 4.39 Å². The Kier molecular flexibility index (Phi) is 6.41. The number of nitrogens with zero attached hydrogens (tertiary/aromatic N) is 1. The standard InChI is InChI=1S/C25H32FN3O2S/c1-25(2,3)16-9-10-18-20(15-16)32-23(27-22(30)17-7-5-6-8-19(17)26)21(18)24(31)29-13-11-28(4)12-14-29/h5-8,16H,9-15H2,1-4H3,(H,27,30)/p+1/t16-/m0/s1. The Labute approximate surface area is 193 Å². The second kappa shape index (κ2) is 8.94. The summed E-state index contributed by atoms with van der Waals surface area (Å²) in [6.45, 7) is 10.0. The normalized spacial score (nSPS) is 19.5. The number of nitrogens with one attached hydrogen (secondary N) is 2. The smallest absolute Gasteiger partial charge is 0.259 e. The van der Waals surface area contributed by atoms with Crippen LogP contribution in [0.2, 0.25) is 0 Å². The number of amides is 2. The molecule has 1 aromatic carbocycles. The fraction of sp³-hybridized carbons (Fsp3) is 0.520. The van der Waals surface area contributed by atoms with Crippen LogP contribution in [0, 0.1) is 17.2 Å². The Morgan fingerprint density at radius 1 is 1.19 bits per heavy atom. The Morgan fingerprint density at radius 3 is 2.53 bits per heavy atom. The van der Waals surface area contributed by atoms with Gasteiger partial charge in [-0.1, -0.05) is 32.9 Å². The topological polar surface area (TPSA) is 53.9 Å². The van der Waals surface area contributed by atoms with Crippen molar-refractivity contribution in [1.29, 1.82) is 0 Å². The van der Waals surface area contributed by atoms with E-state index in [1.165, 1.54) is 33.2 Å². The molecule has 0 bridgehead atoms. The molecular formula is C25H33FN3O2S+. The Bertz CT molecular complexity index is 1020. The number of halogens is 1. The summed E-state index contributed by atoms with van der Waals surface area (Å²) in [5.74, 6) is -0.549. The summed E-state index contributed by atoms with van der Waals surface area (Å²) in [5, 5.41) is 3.46. The van der Waals surface area contributed by atoms with Crippen molar-refractivity contribution in [2.24, 2.45) is 11.3 Å². The number of carbonyl (C=O) groups is 2. The van der Waals surface area contributed by atoms with E-state index < -0.39 is 11.7 Å². The molecule has 32 heavy (non-hydrogen) atoms. The number of piperazine rings is 1. The lowest BCUT2D eigenvalue weighted by Crippen LogP contribution is -3.12. The number of benzene rings is 1. The van der Waals surface area contributed by atoms with E-state index in [0.717, 1.165) is 37.9 Å². The van der Waals surface area contributed by atoms with Gasteiger partial charge in [0.2, 0.25) is 0 Å². The van der Waals surface area contributed by atoms with Crippen molar-refractivity contribution in [2.75, 3.05) is 38.5 Å². The van der Waals surface area contributed by atoms with Crippen LogP contribution in [0.15, 0.2) is 24.3 Å². The molecule has 1 aliphatic heterocycles. The highest BCUT2D eigenvalue weighted by atomic mass is 32.1. The van der Waals surface area contributed by atoms with Crippen LogP contribution >= 0.6 is 11.3 Å². The second-order valence-corrected chi connectivity index (χ2v) is 11.3. The lowest BCUT2D eigenvalue weighted by Gasteiger charge is -2.34. The van der Waals surface area contributed by atoms with Gasteiger partial charge in [-0.15, -0.1) is 11.3 Å². The average molecular weight is 459 g/mol. The maximum Gasteiger partial charge on any atom is 0.259 e. The van der Waals surface area contributed by atoms with Gasteiger partial charge >= 0.3 is 0 Å². The molecule has 0 spiro atoms. The van der Waals surface area contributed by atoms with Crippen LogP contribution in [-0.2, 0) is 12.8 Å². The first kappa shape index (κ1) is 22.9. The zero-order chi connectivity index (χ0) is 23.0. The quantitative estimate of drug-likeness (QED) is 0.742. The molecule has 5 nitrogen and oxygen atoms in total. The first-order valence-corrected chi connectivity index (χ1v) is 12.3. The molecular weight excluding hydrogens is 425 g/mol. The number of quaternary nitrogens is 1. The summed E-state index contributed by atoms with van der Waals surface area (Å²) >= 11 is 1.50. The van der Waals surface area contributed by atoms with Crippen LogP contribution in [0.1, 0.15) is 58.3 Å². The molecule has 2 aliphatic rings. The molecule has 1 fully saturated rings. The summed E-state index contributed by atoms with van der Waals surface area (Å²) in [4.78, 5) is 31.0. The summed E-state index contributed by atoms with van der Waals surface area (Å²) < 4.78 is 14.2. The van der Waals surface area contributed by atoms with Gasteiger partial charge in [-0.05, 0) is 48.3 Å². The first-order chi connectivity index (χ1) is 15.1. The fourth-order valence-corrected chi connectivity index (χ4v) is 6.02. The van der Waals surface area contributed by atoms with Gasteiger partial charge in [-0.2, -0.15) is 0 Å². The zero-order valence-electron chi connectivity index (χ0n) is 19.4. The number of hydrogen-bond donors (Lipinski definition) is 2. The summed E-state index contributed by atoms with van der Waals surface area (Å²) in [6.07, 6.45) is 2.77. The highest BCUT2D eigenvalue weighted by molar-refractivity contribution is 7.17. The van der Waals surface area contributed by atoms with Crippen molar-refractivity contribution in [2.45, 2.75) is 40.0 Å². The molecule has 0 saturated carbocycles. The van der Waals surface area contributed by atoms with E-state index in [1.54, 1.807) is 12.1 Å². The van der Waals surface area contributed by atoms with Gasteiger partial charge < -0.3 is 15.1 Å². The summed E-state index contributed by atoms with van der Waals surface area (Å²) in [7, 11) is 2.14. The average Bonchev–Trinajstić information content (AvgIpc) is 3.10. The fourth-order valence-electron chi connectivity index (χ4n) is 4.70. The maximum absolute atomic E-state index is 14.2. The van der Waals surface area contributed by atoms with Crippen LogP contribution < -0.4 is 10.2 Å². The van der Waals surface area contributed by atoms with Crippen molar-refractivity contribution in [1.82, 2.24) is 4.90 Å². The van der Waals surface area contributed by atoms with Gasteiger partial charge in [0.15, 0.2) is 0 Å². The van der Waals surface area contributed by atoms with E-state index in [-0.39, 0.29) is 16.9 Å². The highest BCUT2D eigenvalue weighted by Gasteiger charge is 2.36. The molecule has 7 heteroatoms. The zero-order valence-corrected chi connectivity index (χ0v) is 20.2. The van der Waals surface area contributed by atoms with Gasteiger partial charge in [0.05, 0.1) is 44.4 Å². The Hall–Kier alpha value is -2.25. The van der Waals surface area contributed by atoms with Crippen molar-refractivity contribution in [3.05, 3.63) is 51.7 Å². The molecule has 1 atom stereocenters. The molecule has 1 aromatic heterocycles. The predicted molar refractivity (Wildman–Crippen MR) is 126 cm³/mol. The number of anilines is 1. The first-order valence-electron chi connectivity index (χ1n) is 11.5. The van der Waals surface area contributed by atoms with Gasteiger partial charge in [0, 0.05) is 4.88 Å². The lowest BCUT2D eigenvalue weighted by atomic mass is 9.72. The van der Waals surface area contributed by atoms with E-state index in [0.29, 0.717) is 29.6 Å². The number of fused-ring (bicyclic) bond motifs is 1. The van der Waals surface area contributed by atoms with E-state index in [9.17, 15) is 14.0 Å². The number of hydrogen-bond acceptors (Lipinski definition) is 3. The third-order valence-corrected chi connectivity index (χ3v) is 8.12. The van der Waals surface area contributed by atoms with E-state index >= 15 is 0 Å². The molecule has 2 N–H and O–H groups in total. The molecule has 2 amide bonds. The van der Waals surface area contributed by atoms with Gasteiger partial charge in [-0.3, -0.25) is 9.59 Å². The minimum absolute atomic E-state index is 0.00644. The highest BCUT2D eigenvalue weighted by Crippen LogP contribution is 2.44. The van der Waals surface area contributed by atoms with Crippen LogP contribution in [0.25, 0.3) is 0 Å². The van der Waals surface area contributed by atoms with Crippen LogP contribution in [0.4, 0.5) is 9.39 Å². The molecule has 1 saturated heterocycles. The van der Waals surface area contributed by atoms with Crippen LogP contribution in [0.5, 0.6) is 0 Å². The van der Waals surface area contributed by atoms with Gasteiger partial charge in [0.25, 0.3) is 11.8 Å². The third-order valence-electron chi connectivity index (χ3n) is 6.95.